The molecule has 0 aliphatic rings. The van der Waals surface area contributed by atoms with E-state index in [-0.39, 0.29) is 11.9 Å². The second-order valence-electron chi connectivity index (χ2n) is 5.06. The number of nitrogens with one attached hydrogen (secondary N) is 1. The Bertz CT molecular complexity index is 597. The average molecular weight is 307 g/mol. The third-order valence-electron chi connectivity index (χ3n) is 3.68. The molecule has 0 amide bonds. The van der Waals surface area contributed by atoms with Crippen LogP contribution in [0.2, 0.25) is 0 Å². The van der Waals surface area contributed by atoms with Crippen molar-refractivity contribution >= 4 is 16.5 Å². The lowest BCUT2D eigenvalue weighted by atomic mass is 10.1. The Balaban J connectivity index is 2.27. The molecule has 0 saturated carbocycles. The first-order valence-electron chi connectivity index (χ1n) is 7.18. The molecule has 114 valence electrons. The molecule has 5 heteroatoms. The monoisotopic (exact) mass is 307 g/mol. The quantitative estimate of drug-likeness (QED) is 0.880. The van der Waals surface area contributed by atoms with Crippen LogP contribution in [0.3, 0.4) is 0 Å². The number of thiazole rings is 1. The summed E-state index contributed by atoms with van der Waals surface area (Å²) in [5, 5.41) is 4.11. The second-order valence-corrected chi connectivity index (χ2v) is 6.12. The molecule has 2 aromatic rings. The second kappa shape index (κ2) is 7.00. The predicted octanol–water partition coefficient (Wildman–Crippen LogP) is 3.76. The van der Waals surface area contributed by atoms with Gasteiger partial charge in [0.1, 0.15) is 5.82 Å². The number of aryl methyl sites for hydroxylation is 1. The molecule has 0 radical (unpaired) electrons. The topological polar surface area (TPSA) is 28.2 Å². The highest BCUT2D eigenvalue weighted by molar-refractivity contribution is 7.15. The molecule has 0 saturated heterocycles. The van der Waals surface area contributed by atoms with Crippen molar-refractivity contribution < 1.29 is 4.39 Å². The van der Waals surface area contributed by atoms with Gasteiger partial charge in [-0.2, -0.15) is 0 Å². The summed E-state index contributed by atoms with van der Waals surface area (Å²) in [6.07, 6.45) is 0.912. The molecule has 3 nitrogen and oxygen atoms in total. The third-order valence-corrected chi connectivity index (χ3v) is 4.87. The maximum atomic E-state index is 13.9. The van der Waals surface area contributed by atoms with Gasteiger partial charge in [-0.05, 0) is 26.5 Å². The van der Waals surface area contributed by atoms with Crippen LogP contribution in [-0.2, 0) is 13.0 Å². The van der Waals surface area contributed by atoms with E-state index in [1.165, 1.54) is 10.9 Å². The number of hydrogen-bond donors (Lipinski definition) is 1. The van der Waals surface area contributed by atoms with Gasteiger partial charge in [-0.25, -0.2) is 9.37 Å². The molecule has 1 aromatic carbocycles. The normalized spacial score (nSPS) is 12.4. The molecule has 0 spiro atoms. The zero-order chi connectivity index (χ0) is 15.4. The van der Waals surface area contributed by atoms with E-state index in [0.717, 1.165) is 23.8 Å². The summed E-state index contributed by atoms with van der Waals surface area (Å²) < 4.78 is 13.9. The van der Waals surface area contributed by atoms with E-state index in [2.05, 4.69) is 12.2 Å². The van der Waals surface area contributed by atoms with Crippen molar-refractivity contribution in [3.63, 3.8) is 0 Å². The van der Waals surface area contributed by atoms with E-state index < -0.39 is 0 Å². The van der Waals surface area contributed by atoms with Crippen molar-refractivity contribution in [2.24, 2.45) is 0 Å². The van der Waals surface area contributed by atoms with Gasteiger partial charge in [-0.15, -0.1) is 11.3 Å². The molecular formula is C16H22FN3S. The lowest BCUT2D eigenvalue weighted by Gasteiger charge is -2.25. The van der Waals surface area contributed by atoms with E-state index in [9.17, 15) is 4.39 Å². The Morgan fingerprint density at radius 3 is 2.71 bits per heavy atom. The van der Waals surface area contributed by atoms with Gasteiger partial charge >= 0.3 is 0 Å². The third kappa shape index (κ3) is 3.41. The van der Waals surface area contributed by atoms with Gasteiger partial charge in [0.2, 0.25) is 0 Å². The van der Waals surface area contributed by atoms with E-state index >= 15 is 0 Å². The van der Waals surface area contributed by atoms with Crippen LogP contribution in [0.15, 0.2) is 24.3 Å². The molecule has 1 atom stereocenters. The minimum atomic E-state index is -0.167. The van der Waals surface area contributed by atoms with Gasteiger partial charge in [-0.1, -0.05) is 25.1 Å². The van der Waals surface area contributed by atoms with Crippen molar-refractivity contribution in [3.8, 4) is 0 Å². The fraction of sp³-hybridized carbons (Fsp3) is 0.438. The van der Waals surface area contributed by atoms with Crippen molar-refractivity contribution in [2.75, 3.05) is 19.0 Å². The molecule has 0 aliphatic heterocycles. The van der Waals surface area contributed by atoms with Gasteiger partial charge in [0.25, 0.3) is 0 Å². The number of aromatic nitrogens is 1. The highest BCUT2D eigenvalue weighted by Crippen LogP contribution is 2.32. The lowest BCUT2D eigenvalue weighted by Crippen LogP contribution is -2.22. The first-order chi connectivity index (χ1) is 10.1. The van der Waals surface area contributed by atoms with Crippen LogP contribution < -0.4 is 10.2 Å². The van der Waals surface area contributed by atoms with Crippen LogP contribution in [0, 0.1) is 5.82 Å². The number of anilines is 1. The molecule has 1 aromatic heterocycles. The van der Waals surface area contributed by atoms with Crippen LogP contribution in [-0.4, -0.2) is 19.1 Å². The molecular weight excluding hydrogens is 285 g/mol. The van der Waals surface area contributed by atoms with Crippen LogP contribution in [0.5, 0.6) is 0 Å². The summed E-state index contributed by atoms with van der Waals surface area (Å²) in [7, 11) is 3.91. The Labute approximate surface area is 129 Å². The minimum Gasteiger partial charge on any atom is -0.344 e. The predicted molar refractivity (Wildman–Crippen MR) is 87.5 cm³/mol. The average Bonchev–Trinajstić information content (AvgIpc) is 2.90. The molecule has 1 N–H and O–H groups in total. The first kappa shape index (κ1) is 15.9. The minimum absolute atomic E-state index is 0.0514. The van der Waals surface area contributed by atoms with Crippen molar-refractivity contribution in [1.82, 2.24) is 10.3 Å². The molecule has 0 bridgehead atoms. The lowest BCUT2D eigenvalue weighted by molar-refractivity contribution is 0.585. The SMILES string of the molecule is CCc1nc(N(C)C(C)c2ccccc2F)sc1CNC. The number of hydrogen-bond acceptors (Lipinski definition) is 4. The maximum absolute atomic E-state index is 13.9. The zero-order valence-electron chi connectivity index (χ0n) is 13.0. The summed E-state index contributed by atoms with van der Waals surface area (Å²) in [6, 6.07) is 6.87. The van der Waals surface area contributed by atoms with Crippen LogP contribution >= 0.6 is 11.3 Å². The number of nitrogens with zero attached hydrogens (tertiary/aromatic N) is 2. The smallest absolute Gasteiger partial charge is 0.186 e. The van der Waals surface area contributed by atoms with Crippen molar-refractivity contribution in [2.45, 2.75) is 32.9 Å². The standard InChI is InChI=1S/C16H22FN3S/c1-5-14-15(10-18-3)21-16(19-14)20(4)11(2)12-8-6-7-9-13(12)17/h6-9,11,18H,5,10H2,1-4H3. The summed E-state index contributed by atoms with van der Waals surface area (Å²) in [5.41, 5.74) is 1.82. The number of halogens is 1. The Hall–Kier alpha value is -1.46. The van der Waals surface area contributed by atoms with Gasteiger partial charge < -0.3 is 10.2 Å². The fourth-order valence-electron chi connectivity index (χ4n) is 2.28. The number of benzene rings is 1. The van der Waals surface area contributed by atoms with E-state index in [1.807, 2.05) is 38.1 Å². The molecule has 0 fully saturated rings. The van der Waals surface area contributed by atoms with Crippen molar-refractivity contribution in [3.05, 3.63) is 46.2 Å². The van der Waals surface area contributed by atoms with Crippen LogP contribution in [0.4, 0.5) is 9.52 Å². The Kier molecular flexibility index (Phi) is 5.31. The maximum Gasteiger partial charge on any atom is 0.186 e. The number of rotatable bonds is 6. The van der Waals surface area contributed by atoms with Gasteiger partial charge in [0.05, 0.1) is 11.7 Å². The Morgan fingerprint density at radius 1 is 1.38 bits per heavy atom. The molecule has 1 unspecified atom stereocenters. The molecule has 21 heavy (non-hydrogen) atoms. The Morgan fingerprint density at radius 2 is 2.10 bits per heavy atom. The molecule has 1 heterocycles. The fourth-order valence-corrected chi connectivity index (χ4v) is 3.49. The van der Waals surface area contributed by atoms with E-state index in [1.54, 1.807) is 17.4 Å². The summed E-state index contributed by atoms with van der Waals surface area (Å²) in [4.78, 5) is 8.00. The summed E-state index contributed by atoms with van der Waals surface area (Å²) in [5.74, 6) is -0.167. The van der Waals surface area contributed by atoms with Gasteiger partial charge in [0.15, 0.2) is 5.13 Å². The van der Waals surface area contributed by atoms with Crippen molar-refractivity contribution in [1.29, 1.82) is 0 Å². The highest BCUT2D eigenvalue weighted by Gasteiger charge is 2.19. The van der Waals surface area contributed by atoms with Crippen LogP contribution in [0.25, 0.3) is 0 Å². The summed E-state index contributed by atoms with van der Waals surface area (Å²) in [6.45, 7) is 4.93. The molecule has 2 rings (SSSR count). The van der Waals surface area contributed by atoms with Gasteiger partial charge in [0, 0.05) is 24.0 Å². The zero-order valence-corrected chi connectivity index (χ0v) is 13.8. The summed E-state index contributed by atoms with van der Waals surface area (Å²) >= 11 is 1.68. The highest BCUT2D eigenvalue weighted by atomic mass is 32.1. The van der Waals surface area contributed by atoms with E-state index in [4.69, 9.17) is 4.98 Å². The van der Waals surface area contributed by atoms with Gasteiger partial charge in [-0.3, -0.25) is 0 Å². The first-order valence-corrected chi connectivity index (χ1v) is 8.00. The van der Waals surface area contributed by atoms with E-state index in [0.29, 0.717) is 5.56 Å². The van der Waals surface area contributed by atoms with Crippen LogP contribution in [0.1, 0.15) is 36.0 Å². The largest absolute Gasteiger partial charge is 0.344 e. The molecule has 0 aliphatic carbocycles.